The van der Waals surface area contributed by atoms with Gasteiger partial charge in [-0.25, -0.2) is 8.78 Å². The average Bonchev–Trinajstić information content (AvgIpc) is 1.87. The lowest BCUT2D eigenvalue weighted by atomic mass is 10.1. The Morgan fingerprint density at radius 2 is 2.10 bits per heavy atom. The Morgan fingerprint density at radius 1 is 1.50 bits per heavy atom. The Bertz CT molecular complexity index is 106. The van der Waals surface area contributed by atoms with Crippen molar-refractivity contribution >= 4 is 0 Å². The van der Waals surface area contributed by atoms with Crippen LogP contribution in [0.2, 0.25) is 0 Å². The van der Waals surface area contributed by atoms with Gasteiger partial charge in [0.05, 0.1) is 0 Å². The molecule has 0 aromatic carbocycles. The summed E-state index contributed by atoms with van der Waals surface area (Å²) >= 11 is 0. The second kappa shape index (κ2) is 5.39. The summed E-state index contributed by atoms with van der Waals surface area (Å²) in [5.41, 5.74) is 0. The molecule has 0 aliphatic heterocycles. The monoisotopic (exact) mass is 148 g/mol. The summed E-state index contributed by atoms with van der Waals surface area (Å²) in [6.07, 6.45) is 2.89. The summed E-state index contributed by atoms with van der Waals surface area (Å²) in [5, 5.41) is 0. The Kier molecular flexibility index (Phi) is 5.17. The zero-order valence-electron chi connectivity index (χ0n) is 6.53. The number of alkyl halides is 1. The van der Waals surface area contributed by atoms with E-state index in [2.05, 4.69) is 13.8 Å². The van der Waals surface area contributed by atoms with E-state index < -0.39 is 12.5 Å². The Morgan fingerprint density at radius 3 is 2.50 bits per heavy atom. The summed E-state index contributed by atoms with van der Waals surface area (Å²) in [6, 6.07) is 0. The molecule has 0 aliphatic carbocycles. The molecule has 0 aromatic rings. The number of hydrogen-bond acceptors (Lipinski definition) is 0. The minimum absolute atomic E-state index is 0.559. The molecule has 0 aliphatic rings. The molecule has 10 heavy (non-hydrogen) atoms. The van der Waals surface area contributed by atoms with E-state index in [-0.39, 0.29) is 0 Å². The van der Waals surface area contributed by atoms with Crippen LogP contribution in [0.3, 0.4) is 0 Å². The quantitative estimate of drug-likeness (QED) is 0.574. The van der Waals surface area contributed by atoms with Crippen molar-refractivity contribution in [2.24, 2.45) is 5.92 Å². The molecule has 60 valence electrons. The molecule has 0 radical (unpaired) electrons. The van der Waals surface area contributed by atoms with Gasteiger partial charge in [-0.2, -0.15) is 0 Å². The molecule has 0 amide bonds. The lowest BCUT2D eigenvalue weighted by Gasteiger charge is -1.98. The van der Waals surface area contributed by atoms with Crippen LogP contribution < -0.4 is 0 Å². The molecule has 0 saturated heterocycles. The van der Waals surface area contributed by atoms with Gasteiger partial charge in [0.2, 0.25) is 0 Å². The van der Waals surface area contributed by atoms with Gasteiger partial charge >= 0.3 is 0 Å². The summed E-state index contributed by atoms with van der Waals surface area (Å²) < 4.78 is 23.5. The molecule has 0 heterocycles. The molecule has 0 fully saturated rings. The molecular formula is C8H14F2. The van der Waals surface area contributed by atoms with Crippen LogP contribution in [0.5, 0.6) is 0 Å². The summed E-state index contributed by atoms with van der Waals surface area (Å²) in [6.45, 7) is 3.15. The average molecular weight is 148 g/mol. The van der Waals surface area contributed by atoms with E-state index in [0.29, 0.717) is 12.3 Å². The predicted octanol–water partition coefficient (Wildman–Crippen LogP) is 3.25. The van der Waals surface area contributed by atoms with E-state index in [4.69, 9.17) is 0 Å². The molecule has 0 atom stereocenters. The van der Waals surface area contributed by atoms with E-state index in [9.17, 15) is 8.78 Å². The van der Waals surface area contributed by atoms with Crippen LogP contribution in [0.15, 0.2) is 11.9 Å². The fourth-order valence-electron chi connectivity index (χ4n) is 0.628. The molecule has 0 N–H and O–H groups in total. The van der Waals surface area contributed by atoms with Crippen LogP contribution in [0.1, 0.15) is 26.7 Å². The van der Waals surface area contributed by atoms with Gasteiger partial charge in [-0.15, -0.1) is 0 Å². The third kappa shape index (κ3) is 5.73. The highest BCUT2D eigenvalue weighted by molar-refractivity contribution is 4.90. The van der Waals surface area contributed by atoms with E-state index in [1.807, 2.05) is 0 Å². The highest BCUT2D eigenvalue weighted by atomic mass is 19.2. The SMILES string of the molecule is CC(C)CC/C=C(/F)CF. The van der Waals surface area contributed by atoms with Crippen LogP contribution in [0.4, 0.5) is 8.78 Å². The lowest BCUT2D eigenvalue weighted by molar-refractivity contribution is 0.454. The molecule has 0 bridgehead atoms. The molecule has 0 unspecified atom stereocenters. The first-order valence-corrected chi connectivity index (χ1v) is 3.57. The van der Waals surface area contributed by atoms with Crippen LogP contribution >= 0.6 is 0 Å². The number of allylic oxidation sites excluding steroid dienone is 2. The zero-order chi connectivity index (χ0) is 7.98. The maximum Gasteiger partial charge on any atom is 0.141 e. The van der Waals surface area contributed by atoms with Gasteiger partial charge in [-0.3, -0.25) is 0 Å². The van der Waals surface area contributed by atoms with Gasteiger partial charge < -0.3 is 0 Å². The number of rotatable bonds is 4. The molecular weight excluding hydrogens is 134 g/mol. The summed E-state index contributed by atoms with van der Waals surface area (Å²) in [5.74, 6) is -0.0793. The molecule has 0 spiro atoms. The van der Waals surface area contributed by atoms with Crippen molar-refractivity contribution in [1.29, 1.82) is 0 Å². The van der Waals surface area contributed by atoms with E-state index in [0.717, 1.165) is 6.42 Å². The Hall–Kier alpha value is -0.400. The smallest absolute Gasteiger partial charge is 0.141 e. The Labute approximate surface area is 60.9 Å². The highest BCUT2D eigenvalue weighted by Gasteiger charge is 1.93. The van der Waals surface area contributed by atoms with Crippen molar-refractivity contribution in [3.8, 4) is 0 Å². The van der Waals surface area contributed by atoms with Crippen molar-refractivity contribution in [2.45, 2.75) is 26.7 Å². The van der Waals surface area contributed by atoms with E-state index in [1.165, 1.54) is 6.08 Å². The first-order valence-electron chi connectivity index (χ1n) is 3.57. The first kappa shape index (κ1) is 9.60. The Balaban J connectivity index is 3.34. The fourth-order valence-corrected chi connectivity index (χ4v) is 0.628. The van der Waals surface area contributed by atoms with Gasteiger partial charge in [-0.1, -0.05) is 19.9 Å². The minimum atomic E-state index is -0.960. The van der Waals surface area contributed by atoms with Crippen molar-refractivity contribution in [1.82, 2.24) is 0 Å². The maximum absolute atomic E-state index is 12.1. The molecule has 2 heteroatoms. The van der Waals surface area contributed by atoms with Gasteiger partial charge in [0.15, 0.2) is 0 Å². The second-order valence-electron chi connectivity index (χ2n) is 2.76. The molecule has 0 nitrogen and oxygen atoms in total. The molecule has 0 saturated carbocycles. The summed E-state index contributed by atoms with van der Waals surface area (Å²) in [7, 11) is 0. The fraction of sp³-hybridized carbons (Fsp3) is 0.750. The van der Waals surface area contributed by atoms with Crippen LogP contribution in [-0.4, -0.2) is 6.67 Å². The second-order valence-corrected chi connectivity index (χ2v) is 2.76. The summed E-state index contributed by atoms with van der Waals surface area (Å²) in [4.78, 5) is 0. The third-order valence-corrected chi connectivity index (χ3v) is 1.24. The third-order valence-electron chi connectivity index (χ3n) is 1.24. The largest absolute Gasteiger partial charge is 0.243 e. The van der Waals surface area contributed by atoms with Crippen molar-refractivity contribution in [3.05, 3.63) is 11.9 Å². The van der Waals surface area contributed by atoms with Gasteiger partial charge in [0, 0.05) is 0 Å². The number of halogens is 2. The van der Waals surface area contributed by atoms with Crippen LogP contribution in [0, 0.1) is 5.92 Å². The van der Waals surface area contributed by atoms with Gasteiger partial charge in [0.25, 0.3) is 0 Å². The first-order chi connectivity index (χ1) is 4.66. The topological polar surface area (TPSA) is 0 Å². The van der Waals surface area contributed by atoms with Gasteiger partial charge in [-0.05, 0) is 18.8 Å². The lowest BCUT2D eigenvalue weighted by Crippen LogP contribution is -1.85. The molecule has 0 rings (SSSR count). The minimum Gasteiger partial charge on any atom is -0.243 e. The predicted molar refractivity (Wildman–Crippen MR) is 39.2 cm³/mol. The highest BCUT2D eigenvalue weighted by Crippen LogP contribution is 2.07. The van der Waals surface area contributed by atoms with Gasteiger partial charge in [0.1, 0.15) is 12.5 Å². The van der Waals surface area contributed by atoms with Crippen LogP contribution in [-0.2, 0) is 0 Å². The van der Waals surface area contributed by atoms with Crippen molar-refractivity contribution in [2.75, 3.05) is 6.67 Å². The zero-order valence-corrected chi connectivity index (χ0v) is 6.53. The maximum atomic E-state index is 12.1. The normalized spacial score (nSPS) is 12.7. The van der Waals surface area contributed by atoms with Crippen molar-refractivity contribution in [3.63, 3.8) is 0 Å². The standard InChI is InChI=1S/C8H14F2/c1-7(2)4-3-5-8(10)6-9/h5,7H,3-4,6H2,1-2H3/b8-5+. The number of hydrogen-bond donors (Lipinski definition) is 0. The van der Waals surface area contributed by atoms with E-state index in [1.54, 1.807) is 0 Å². The van der Waals surface area contributed by atoms with Crippen molar-refractivity contribution < 1.29 is 8.78 Å². The van der Waals surface area contributed by atoms with E-state index >= 15 is 0 Å². The van der Waals surface area contributed by atoms with Crippen LogP contribution in [0.25, 0.3) is 0 Å². The molecule has 0 aromatic heterocycles.